The smallest absolute Gasteiger partial charge is 0.445 e. The van der Waals surface area contributed by atoms with Crippen molar-refractivity contribution >= 4 is 28.0 Å². The Balaban J connectivity index is 1.65. The first-order chi connectivity index (χ1) is 22.0. The first-order valence-corrected chi connectivity index (χ1v) is 15.4. The molecule has 0 aliphatic heterocycles. The molecule has 2 aromatic heterocycles. The molecule has 2 heterocycles. The van der Waals surface area contributed by atoms with Crippen LogP contribution >= 0.6 is 0 Å². The molecule has 17 heteroatoms. The lowest BCUT2D eigenvalue weighted by molar-refractivity contribution is -0.492. The molecule has 46 heavy (non-hydrogen) atoms. The number of nitrogens with zero attached hydrogens (tertiary/aromatic N) is 4. The maximum atomic E-state index is 14.4. The quantitative estimate of drug-likeness (QED) is 0.0702. The highest BCUT2D eigenvalue weighted by Crippen LogP contribution is 2.36. The predicted molar refractivity (Wildman–Crippen MR) is 158 cm³/mol. The second kappa shape index (κ2) is 15.5. The van der Waals surface area contributed by atoms with Gasteiger partial charge in [-0.05, 0) is 56.0 Å². The highest BCUT2D eigenvalue weighted by Gasteiger charge is 2.34. The van der Waals surface area contributed by atoms with Crippen LogP contribution in [0, 0.1) is 13.8 Å². The Hall–Kier alpha value is -4.81. The summed E-state index contributed by atoms with van der Waals surface area (Å²) in [6, 6.07) is 11.4. The molecule has 0 bridgehead atoms. The van der Waals surface area contributed by atoms with Crippen LogP contribution in [0.15, 0.2) is 68.8 Å². The van der Waals surface area contributed by atoms with Crippen LogP contribution in [0.4, 0.5) is 10.7 Å². The third kappa shape index (κ3) is 8.46. The van der Waals surface area contributed by atoms with E-state index < -0.39 is 28.3 Å². The number of nitrogens with one attached hydrogen (secondary N) is 1. The third-order valence-electron chi connectivity index (χ3n) is 6.68. The first kappa shape index (κ1) is 34.1. The number of carbonyl (C=O) groups excluding carboxylic acids is 2. The molecule has 1 amide bonds. The van der Waals surface area contributed by atoms with Gasteiger partial charge in [0.15, 0.2) is 6.73 Å². The van der Waals surface area contributed by atoms with Crippen molar-refractivity contribution in [2.75, 3.05) is 24.2 Å². The number of sulfonamides is 1. The predicted octanol–water partition coefficient (Wildman–Crippen LogP) is 4.35. The van der Waals surface area contributed by atoms with Crippen LogP contribution in [0.5, 0.6) is 0 Å². The second-order valence-corrected chi connectivity index (χ2v) is 11.7. The van der Waals surface area contributed by atoms with E-state index in [2.05, 4.69) is 20.3 Å². The van der Waals surface area contributed by atoms with Gasteiger partial charge in [-0.1, -0.05) is 29.4 Å². The van der Waals surface area contributed by atoms with Gasteiger partial charge in [-0.3, -0.25) is 20.0 Å². The van der Waals surface area contributed by atoms with Crippen molar-refractivity contribution in [3.63, 3.8) is 0 Å². The van der Waals surface area contributed by atoms with E-state index in [1.54, 1.807) is 50.2 Å². The van der Waals surface area contributed by atoms with Gasteiger partial charge in [0.05, 0.1) is 35.4 Å². The molecular weight excluding hydrogens is 626 g/mol. The zero-order chi connectivity index (χ0) is 33.3. The summed E-state index contributed by atoms with van der Waals surface area (Å²) >= 11 is 0. The van der Waals surface area contributed by atoms with Gasteiger partial charge in [0, 0.05) is 30.2 Å². The number of oxazole rings is 1. The lowest BCUT2D eigenvalue weighted by Crippen LogP contribution is -2.35. The van der Waals surface area contributed by atoms with Crippen LogP contribution in [0.2, 0.25) is 0 Å². The van der Waals surface area contributed by atoms with E-state index in [-0.39, 0.29) is 36.4 Å². The number of aromatic nitrogens is 2. The van der Waals surface area contributed by atoms with Gasteiger partial charge in [0.25, 0.3) is 10.0 Å². The van der Waals surface area contributed by atoms with Crippen molar-refractivity contribution in [3.05, 3.63) is 71.7 Å². The molecule has 4 rings (SSSR count). The van der Waals surface area contributed by atoms with Crippen molar-refractivity contribution in [2.24, 2.45) is 0 Å². The van der Waals surface area contributed by atoms with Gasteiger partial charge < -0.3 is 23.7 Å². The monoisotopic (exact) mass is 659 g/mol. The lowest BCUT2D eigenvalue weighted by atomic mass is 9.97. The van der Waals surface area contributed by atoms with E-state index in [9.17, 15) is 18.0 Å². The van der Waals surface area contributed by atoms with E-state index in [0.717, 1.165) is 4.31 Å². The molecular formula is C29H33N5O11S. The molecule has 246 valence electrons. The van der Waals surface area contributed by atoms with Crippen molar-refractivity contribution < 1.29 is 51.7 Å². The number of aryl methyl sites for hydroxylation is 1. The van der Waals surface area contributed by atoms with Crippen LogP contribution in [-0.4, -0.2) is 66.4 Å². The molecule has 3 N–H and O–H groups in total. The lowest BCUT2D eigenvalue weighted by Gasteiger charge is -2.23. The summed E-state index contributed by atoms with van der Waals surface area (Å²) in [5.41, 5.74) is 2.84. The minimum atomic E-state index is -4.50. The van der Waals surface area contributed by atoms with E-state index >= 15 is 0 Å². The van der Waals surface area contributed by atoms with Crippen LogP contribution in [0.1, 0.15) is 36.6 Å². The summed E-state index contributed by atoms with van der Waals surface area (Å²) < 4.78 is 50.5. The Labute approximate surface area is 264 Å². The summed E-state index contributed by atoms with van der Waals surface area (Å²) in [6.45, 7) is 3.75. The summed E-state index contributed by atoms with van der Waals surface area (Å²) in [5.74, 6) is -0.0965. The van der Waals surface area contributed by atoms with Gasteiger partial charge >= 0.3 is 6.16 Å². The number of unbranched alkanes of at least 4 members (excludes halogenated alkanes) is 1. The normalized spacial score (nSPS) is 11.4. The van der Waals surface area contributed by atoms with Gasteiger partial charge in [-0.15, -0.1) is 0 Å². The summed E-state index contributed by atoms with van der Waals surface area (Å²) in [5, 5.41) is 23.3. The van der Waals surface area contributed by atoms with Gasteiger partial charge in [-0.25, -0.2) is 18.2 Å². The number of hydrogen-bond donors (Lipinski definition) is 3. The fourth-order valence-corrected chi connectivity index (χ4v) is 5.81. The molecule has 0 unspecified atom stereocenters. The Kier molecular flexibility index (Phi) is 11.4. The van der Waals surface area contributed by atoms with E-state index in [0.29, 0.717) is 52.2 Å². The molecule has 0 spiro atoms. The maximum absolute atomic E-state index is 14.4. The number of benzene rings is 2. The molecule has 0 aliphatic rings. The van der Waals surface area contributed by atoms with Crippen molar-refractivity contribution in [1.82, 2.24) is 20.8 Å². The molecule has 0 fully saturated rings. The van der Waals surface area contributed by atoms with Crippen LogP contribution in [0.25, 0.3) is 22.6 Å². The Bertz CT molecular complexity index is 1740. The minimum absolute atomic E-state index is 0.0457. The van der Waals surface area contributed by atoms with Gasteiger partial charge in [-0.2, -0.15) is 4.31 Å². The Morgan fingerprint density at radius 3 is 2.46 bits per heavy atom. The maximum Gasteiger partial charge on any atom is 0.510 e. The molecule has 4 aromatic rings. The molecule has 2 aromatic carbocycles. The molecule has 0 aliphatic carbocycles. The van der Waals surface area contributed by atoms with Crippen molar-refractivity contribution in [1.29, 1.82) is 0 Å². The first-order valence-electron chi connectivity index (χ1n) is 13.9. The number of rotatable bonds is 15. The average Bonchev–Trinajstić information content (AvgIpc) is 3.68. The summed E-state index contributed by atoms with van der Waals surface area (Å²) in [7, 11) is -4.50. The molecule has 0 saturated carbocycles. The number of carbonyl (C=O) groups is 2. The largest absolute Gasteiger partial charge is 0.510 e. The number of amides is 1. The minimum Gasteiger partial charge on any atom is -0.445 e. The van der Waals surface area contributed by atoms with Crippen LogP contribution in [0.3, 0.4) is 0 Å². The number of anilines is 1. The third-order valence-corrected chi connectivity index (χ3v) is 8.44. The standard InChI is InChI=1S/C29H33N5O11S/c1-19-20(2)32-45-28(19)33(18-43-29(36)42-13-6-7-14-44-34(37)38)46(39,40)26-9-5-4-8-25(26)24-11-10-22(27-30-12-15-41-27)16-23(24)17-31-21(3)35/h4-5,8-12,15-16,37-38H,6-7,13-14,17-18H2,1-3H3,(H,31,35). The molecule has 0 saturated heterocycles. The second-order valence-electron chi connectivity index (χ2n) is 9.83. The number of hydrogen-bond acceptors (Lipinski definition) is 14. The number of ether oxygens (including phenoxy) is 2. The van der Waals surface area contributed by atoms with Gasteiger partial charge in [0.2, 0.25) is 17.7 Å². The van der Waals surface area contributed by atoms with E-state index in [4.69, 9.17) is 28.8 Å². The Morgan fingerprint density at radius 1 is 1.02 bits per heavy atom. The zero-order valence-corrected chi connectivity index (χ0v) is 26.0. The fourth-order valence-electron chi connectivity index (χ4n) is 4.29. The molecule has 16 nitrogen and oxygen atoms in total. The van der Waals surface area contributed by atoms with Crippen molar-refractivity contribution in [2.45, 2.75) is 45.1 Å². The van der Waals surface area contributed by atoms with Crippen molar-refractivity contribution in [3.8, 4) is 22.6 Å². The zero-order valence-electron chi connectivity index (χ0n) is 25.2. The van der Waals surface area contributed by atoms with Gasteiger partial charge in [0.1, 0.15) is 6.26 Å². The summed E-state index contributed by atoms with van der Waals surface area (Å²) in [4.78, 5) is 32.6. The fraction of sp³-hybridized carbons (Fsp3) is 0.310. The van der Waals surface area contributed by atoms with Crippen LogP contribution < -0.4 is 9.62 Å². The SMILES string of the molecule is CC(=O)NCc1cc(-c2ncco2)ccc1-c1ccccc1S(=O)(=O)N(COC(=O)OCCCCON(O)O)c1onc(C)c1C. The highest BCUT2D eigenvalue weighted by atomic mass is 32.2. The Morgan fingerprint density at radius 2 is 1.78 bits per heavy atom. The van der Waals surface area contributed by atoms with E-state index in [1.165, 1.54) is 25.5 Å². The summed E-state index contributed by atoms with van der Waals surface area (Å²) in [6.07, 6.45) is 2.40. The van der Waals surface area contributed by atoms with E-state index in [1.807, 2.05) is 0 Å². The van der Waals surface area contributed by atoms with Crippen LogP contribution in [-0.2, 0) is 35.7 Å². The topological polar surface area (TPSA) is 207 Å². The highest BCUT2D eigenvalue weighted by molar-refractivity contribution is 7.93. The molecule has 0 atom stereocenters. The average molecular weight is 660 g/mol. The molecule has 0 radical (unpaired) electrons.